The number of pyridine rings is 1. The minimum absolute atomic E-state index is 0.237. The van der Waals surface area contributed by atoms with Crippen LogP contribution in [0.4, 0.5) is 0 Å². The summed E-state index contributed by atoms with van der Waals surface area (Å²) in [5.74, 6) is 0.868. The zero-order valence-electron chi connectivity index (χ0n) is 14.3. The van der Waals surface area contributed by atoms with Gasteiger partial charge in [-0.25, -0.2) is 4.98 Å². The fourth-order valence-electron chi connectivity index (χ4n) is 3.20. The number of aromatic amines is 1. The third-order valence-corrected chi connectivity index (χ3v) is 4.60. The van der Waals surface area contributed by atoms with Gasteiger partial charge in [-0.3, -0.25) is 4.98 Å². The standard InChI is InChI=1S/C21H20N4/c1-14(22-2)16-9-6-10-17(20(16)15-7-4-3-5-8-15)21-24-18-11-12-23-13-19(18)25-21/h3-14,22H,1-2H3,(H,24,25). The molecule has 25 heavy (non-hydrogen) atoms. The van der Waals surface area contributed by atoms with Gasteiger partial charge in [0.15, 0.2) is 0 Å². The molecule has 4 heteroatoms. The molecule has 0 aliphatic heterocycles. The van der Waals surface area contributed by atoms with Crippen LogP contribution >= 0.6 is 0 Å². The number of aromatic nitrogens is 3. The summed E-state index contributed by atoms with van der Waals surface area (Å²) in [4.78, 5) is 12.4. The summed E-state index contributed by atoms with van der Waals surface area (Å²) < 4.78 is 0. The quantitative estimate of drug-likeness (QED) is 0.577. The fraction of sp³-hybridized carbons (Fsp3) is 0.143. The van der Waals surface area contributed by atoms with Crippen molar-refractivity contribution in [2.75, 3.05) is 7.05 Å². The number of nitrogens with zero attached hydrogens (tertiary/aromatic N) is 2. The first-order valence-electron chi connectivity index (χ1n) is 8.43. The molecule has 2 aromatic heterocycles. The number of nitrogens with one attached hydrogen (secondary N) is 2. The van der Waals surface area contributed by atoms with E-state index in [-0.39, 0.29) is 6.04 Å². The Kier molecular flexibility index (Phi) is 4.04. The van der Waals surface area contributed by atoms with E-state index < -0.39 is 0 Å². The maximum absolute atomic E-state index is 4.78. The van der Waals surface area contributed by atoms with Gasteiger partial charge < -0.3 is 10.3 Å². The van der Waals surface area contributed by atoms with Crippen molar-refractivity contribution in [1.29, 1.82) is 0 Å². The van der Waals surface area contributed by atoms with Crippen molar-refractivity contribution in [2.24, 2.45) is 0 Å². The number of hydrogen-bond donors (Lipinski definition) is 2. The molecule has 1 atom stereocenters. The second-order valence-electron chi connectivity index (χ2n) is 6.12. The van der Waals surface area contributed by atoms with Gasteiger partial charge in [0.25, 0.3) is 0 Å². The molecule has 0 spiro atoms. The second kappa shape index (κ2) is 6.49. The minimum atomic E-state index is 0.237. The summed E-state index contributed by atoms with van der Waals surface area (Å²) in [6.07, 6.45) is 3.58. The van der Waals surface area contributed by atoms with Gasteiger partial charge in [0.1, 0.15) is 5.82 Å². The maximum atomic E-state index is 4.78. The molecule has 0 saturated carbocycles. The summed E-state index contributed by atoms with van der Waals surface area (Å²) in [5, 5.41) is 3.36. The maximum Gasteiger partial charge on any atom is 0.139 e. The molecule has 0 amide bonds. The van der Waals surface area contributed by atoms with E-state index in [1.807, 2.05) is 25.4 Å². The van der Waals surface area contributed by atoms with E-state index in [4.69, 9.17) is 4.98 Å². The monoisotopic (exact) mass is 328 g/mol. The van der Waals surface area contributed by atoms with Crippen LogP contribution in [0.3, 0.4) is 0 Å². The first-order valence-corrected chi connectivity index (χ1v) is 8.43. The Hall–Kier alpha value is -2.98. The largest absolute Gasteiger partial charge is 0.337 e. The number of fused-ring (bicyclic) bond motifs is 1. The molecule has 4 nitrogen and oxygen atoms in total. The van der Waals surface area contributed by atoms with Crippen LogP contribution in [0.25, 0.3) is 33.5 Å². The van der Waals surface area contributed by atoms with E-state index in [0.717, 1.165) is 22.4 Å². The average Bonchev–Trinajstić information content (AvgIpc) is 3.11. The number of hydrogen-bond acceptors (Lipinski definition) is 3. The molecule has 4 aromatic rings. The van der Waals surface area contributed by atoms with Crippen LogP contribution in [-0.2, 0) is 0 Å². The summed E-state index contributed by atoms with van der Waals surface area (Å²) in [6, 6.07) is 19.0. The van der Waals surface area contributed by atoms with Crippen molar-refractivity contribution in [1.82, 2.24) is 20.3 Å². The smallest absolute Gasteiger partial charge is 0.139 e. The Morgan fingerprint density at radius 2 is 1.84 bits per heavy atom. The summed E-state index contributed by atoms with van der Waals surface area (Å²) in [7, 11) is 1.99. The molecule has 0 saturated heterocycles. The van der Waals surface area contributed by atoms with Crippen molar-refractivity contribution in [2.45, 2.75) is 13.0 Å². The predicted octanol–water partition coefficient (Wildman–Crippen LogP) is 4.57. The average molecular weight is 328 g/mol. The molecule has 124 valence electrons. The van der Waals surface area contributed by atoms with Gasteiger partial charge in [-0.1, -0.05) is 48.5 Å². The Balaban J connectivity index is 1.98. The highest BCUT2D eigenvalue weighted by Crippen LogP contribution is 2.36. The lowest BCUT2D eigenvalue weighted by Crippen LogP contribution is -2.13. The van der Waals surface area contributed by atoms with Crippen LogP contribution < -0.4 is 5.32 Å². The lowest BCUT2D eigenvalue weighted by molar-refractivity contribution is 0.654. The van der Waals surface area contributed by atoms with E-state index in [2.05, 4.69) is 64.7 Å². The molecule has 2 aromatic carbocycles. The lowest BCUT2D eigenvalue weighted by Gasteiger charge is -2.19. The van der Waals surface area contributed by atoms with Gasteiger partial charge in [0, 0.05) is 17.8 Å². The van der Waals surface area contributed by atoms with Gasteiger partial charge in [-0.05, 0) is 36.7 Å². The Morgan fingerprint density at radius 3 is 2.60 bits per heavy atom. The van der Waals surface area contributed by atoms with Gasteiger partial charge in [0.05, 0.1) is 17.2 Å². The van der Waals surface area contributed by atoms with Crippen LogP contribution in [0.2, 0.25) is 0 Å². The summed E-state index contributed by atoms with van der Waals surface area (Å²) in [5.41, 5.74) is 6.62. The topological polar surface area (TPSA) is 53.6 Å². The predicted molar refractivity (Wildman–Crippen MR) is 102 cm³/mol. The van der Waals surface area contributed by atoms with Crippen molar-refractivity contribution < 1.29 is 0 Å². The number of imidazole rings is 1. The molecule has 2 N–H and O–H groups in total. The first kappa shape index (κ1) is 15.5. The fourth-order valence-corrected chi connectivity index (χ4v) is 3.20. The third-order valence-electron chi connectivity index (χ3n) is 4.60. The van der Waals surface area contributed by atoms with Gasteiger partial charge in [-0.2, -0.15) is 0 Å². The molecular formula is C21H20N4. The van der Waals surface area contributed by atoms with Crippen molar-refractivity contribution in [3.8, 4) is 22.5 Å². The summed E-state index contributed by atoms with van der Waals surface area (Å²) >= 11 is 0. The summed E-state index contributed by atoms with van der Waals surface area (Å²) in [6.45, 7) is 2.17. The van der Waals surface area contributed by atoms with Gasteiger partial charge >= 0.3 is 0 Å². The highest BCUT2D eigenvalue weighted by atomic mass is 14.9. The van der Waals surface area contributed by atoms with E-state index in [9.17, 15) is 0 Å². The number of benzene rings is 2. The van der Waals surface area contributed by atoms with Gasteiger partial charge in [0.2, 0.25) is 0 Å². The van der Waals surface area contributed by atoms with Crippen molar-refractivity contribution in [3.05, 3.63) is 72.6 Å². The first-order chi connectivity index (χ1) is 12.3. The molecular weight excluding hydrogens is 308 g/mol. The van der Waals surface area contributed by atoms with Crippen LogP contribution in [-0.4, -0.2) is 22.0 Å². The number of H-pyrrole nitrogens is 1. The molecule has 1 unspecified atom stereocenters. The minimum Gasteiger partial charge on any atom is -0.337 e. The molecule has 2 heterocycles. The SMILES string of the molecule is CNC(C)c1cccc(-c2nc3ccncc3[nH]2)c1-c1ccccc1. The third kappa shape index (κ3) is 2.81. The highest BCUT2D eigenvalue weighted by molar-refractivity contribution is 5.87. The lowest BCUT2D eigenvalue weighted by atomic mass is 9.91. The van der Waals surface area contributed by atoms with Crippen LogP contribution in [0, 0.1) is 0 Å². The highest BCUT2D eigenvalue weighted by Gasteiger charge is 2.17. The second-order valence-corrected chi connectivity index (χ2v) is 6.12. The Labute approximate surface area is 147 Å². The number of rotatable bonds is 4. The zero-order chi connectivity index (χ0) is 17.2. The molecule has 0 fully saturated rings. The van der Waals surface area contributed by atoms with Crippen LogP contribution in [0.5, 0.6) is 0 Å². The Morgan fingerprint density at radius 1 is 1.00 bits per heavy atom. The normalized spacial score (nSPS) is 12.4. The van der Waals surface area contributed by atoms with Crippen LogP contribution in [0.1, 0.15) is 18.5 Å². The van der Waals surface area contributed by atoms with E-state index in [1.54, 1.807) is 6.20 Å². The Bertz CT molecular complexity index is 972. The zero-order valence-corrected chi connectivity index (χ0v) is 14.3. The molecule has 0 bridgehead atoms. The molecule has 0 aliphatic carbocycles. The van der Waals surface area contributed by atoms with Gasteiger partial charge in [-0.15, -0.1) is 0 Å². The molecule has 0 aliphatic rings. The van der Waals surface area contributed by atoms with Crippen molar-refractivity contribution >= 4 is 11.0 Å². The molecule has 4 rings (SSSR count). The van der Waals surface area contributed by atoms with E-state index >= 15 is 0 Å². The molecule has 0 radical (unpaired) electrons. The van der Waals surface area contributed by atoms with Crippen molar-refractivity contribution in [3.63, 3.8) is 0 Å². The van der Waals surface area contributed by atoms with E-state index in [1.165, 1.54) is 16.7 Å². The van der Waals surface area contributed by atoms with E-state index in [0.29, 0.717) is 0 Å². The van der Waals surface area contributed by atoms with Crippen LogP contribution in [0.15, 0.2) is 67.0 Å².